The van der Waals surface area contributed by atoms with Crippen LogP contribution in [-0.4, -0.2) is 10.1 Å². The number of nitrogens with zero attached hydrogens (tertiary/aromatic N) is 2. The molecule has 5 heteroatoms. The van der Waals surface area contributed by atoms with Gasteiger partial charge in [-0.2, -0.15) is 5.26 Å². The number of aromatic nitrogens is 1. The zero-order valence-electron chi connectivity index (χ0n) is 12.9. The molecule has 0 bridgehead atoms. The van der Waals surface area contributed by atoms with E-state index in [2.05, 4.69) is 11.1 Å². The molecular formula is C18H17FN2OS. The first-order valence-corrected chi connectivity index (χ1v) is 8.61. The maximum atomic E-state index is 13.3. The first kappa shape index (κ1) is 15.8. The molecule has 0 amide bonds. The smallest absolute Gasteiger partial charge is 0.230 e. The van der Waals surface area contributed by atoms with Crippen molar-refractivity contribution < 1.29 is 9.50 Å². The summed E-state index contributed by atoms with van der Waals surface area (Å²) in [6.07, 6.45) is 3.82. The first-order chi connectivity index (χ1) is 11.1. The lowest BCUT2D eigenvalue weighted by atomic mass is 9.90. The van der Waals surface area contributed by atoms with Gasteiger partial charge in [-0.25, -0.2) is 9.37 Å². The molecule has 0 saturated heterocycles. The minimum absolute atomic E-state index is 0.175. The highest BCUT2D eigenvalue weighted by Gasteiger charge is 2.22. The summed E-state index contributed by atoms with van der Waals surface area (Å²) in [6.45, 7) is 1.75. The molecule has 3 rings (SSSR count). The Kier molecular flexibility index (Phi) is 4.53. The number of nitriles is 1. The number of hydrogen-bond donors (Lipinski definition) is 1. The van der Waals surface area contributed by atoms with Crippen molar-refractivity contribution in [2.75, 3.05) is 0 Å². The van der Waals surface area contributed by atoms with Gasteiger partial charge in [-0.15, -0.1) is 11.8 Å². The van der Waals surface area contributed by atoms with E-state index in [0.717, 1.165) is 47.4 Å². The van der Waals surface area contributed by atoms with Crippen LogP contribution in [0.15, 0.2) is 23.2 Å². The second-order valence-corrected chi connectivity index (χ2v) is 6.73. The molecule has 0 aliphatic heterocycles. The fraction of sp³-hybridized carbons (Fsp3) is 0.333. The van der Waals surface area contributed by atoms with Crippen LogP contribution in [0.2, 0.25) is 0 Å². The van der Waals surface area contributed by atoms with Gasteiger partial charge >= 0.3 is 0 Å². The molecule has 0 unspecified atom stereocenters. The number of fused-ring (bicyclic) bond motifs is 1. The molecule has 118 valence electrons. The molecule has 0 saturated carbocycles. The predicted molar refractivity (Wildman–Crippen MR) is 88.0 cm³/mol. The van der Waals surface area contributed by atoms with Crippen LogP contribution in [0.4, 0.5) is 4.39 Å². The van der Waals surface area contributed by atoms with E-state index in [9.17, 15) is 14.8 Å². The van der Waals surface area contributed by atoms with E-state index in [0.29, 0.717) is 16.9 Å². The number of benzene rings is 1. The van der Waals surface area contributed by atoms with Crippen LogP contribution in [0.25, 0.3) is 0 Å². The van der Waals surface area contributed by atoms with Gasteiger partial charge in [-0.05, 0) is 60.9 Å². The number of pyridine rings is 1. The van der Waals surface area contributed by atoms with Gasteiger partial charge in [0, 0.05) is 5.75 Å². The van der Waals surface area contributed by atoms with Crippen molar-refractivity contribution in [2.24, 2.45) is 0 Å². The van der Waals surface area contributed by atoms with Crippen molar-refractivity contribution in [2.45, 2.75) is 43.4 Å². The van der Waals surface area contributed by atoms with Crippen molar-refractivity contribution in [3.8, 4) is 11.9 Å². The third kappa shape index (κ3) is 3.18. The Morgan fingerprint density at radius 3 is 2.74 bits per heavy atom. The zero-order valence-corrected chi connectivity index (χ0v) is 13.7. The number of halogens is 1. The van der Waals surface area contributed by atoms with Crippen molar-refractivity contribution in [3.05, 3.63) is 51.8 Å². The maximum Gasteiger partial charge on any atom is 0.230 e. The molecule has 0 spiro atoms. The highest BCUT2D eigenvalue weighted by molar-refractivity contribution is 7.98. The maximum absolute atomic E-state index is 13.3. The molecule has 23 heavy (non-hydrogen) atoms. The van der Waals surface area contributed by atoms with Crippen LogP contribution in [0.1, 0.15) is 40.7 Å². The van der Waals surface area contributed by atoms with Crippen molar-refractivity contribution in [1.82, 2.24) is 4.98 Å². The normalized spacial score (nSPS) is 13.4. The van der Waals surface area contributed by atoms with E-state index < -0.39 is 0 Å². The van der Waals surface area contributed by atoms with Crippen LogP contribution >= 0.6 is 11.8 Å². The van der Waals surface area contributed by atoms with Gasteiger partial charge in [0.05, 0.1) is 0 Å². The summed E-state index contributed by atoms with van der Waals surface area (Å²) in [5.74, 6) is 0.280. The molecule has 2 aromatic rings. The lowest BCUT2D eigenvalue weighted by Gasteiger charge is -2.20. The Morgan fingerprint density at radius 1 is 1.30 bits per heavy atom. The molecule has 0 radical (unpaired) electrons. The van der Waals surface area contributed by atoms with E-state index in [-0.39, 0.29) is 11.7 Å². The summed E-state index contributed by atoms with van der Waals surface area (Å²) in [6, 6.07) is 7.15. The lowest BCUT2D eigenvalue weighted by Crippen LogP contribution is -2.09. The molecule has 1 aliphatic rings. The first-order valence-electron chi connectivity index (χ1n) is 7.62. The second-order valence-electron chi connectivity index (χ2n) is 5.76. The van der Waals surface area contributed by atoms with Crippen molar-refractivity contribution in [3.63, 3.8) is 0 Å². The van der Waals surface area contributed by atoms with Gasteiger partial charge in [-0.3, -0.25) is 0 Å². The van der Waals surface area contributed by atoms with Gasteiger partial charge < -0.3 is 5.11 Å². The summed E-state index contributed by atoms with van der Waals surface area (Å²) in [4.78, 5) is 4.23. The van der Waals surface area contributed by atoms with Crippen molar-refractivity contribution >= 4 is 11.8 Å². The third-order valence-electron chi connectivity index (χ3n) is 4.17. The molecule has 1 heterocycles. The van der Waals surface area contributed by atoms with Crippen LogP contribution in [0.3, 0.4) is 0 Å². The molecule has 1 N–H and O–H groups in total. The van der Waals surface area contributed by atoms with E-state index in [4.69, 9.17) is 0 Å². The van der Waals surface area contributed by atoms with Crippen LogP contribution in [0.5, 0.6) is 5.88 Å². The van der Waals surface area contributed by atoms with Gasteiger partial charge in [0.15, 0.2) is 0 Å². The van der Waals surface area contributed by atoms with E-state index in [1.54, 1.807) is 13.0 Å². The molecule has 0 atom stereocenters. The number of rotatable bonds is 3. The predicted octanol–water partition coefficient (Wildman–Crippen LogP) is 4.28. The highest BCUT2D eigenvalue weighted by Crippen LogP contribution is 2.36. The third-order valence-corrected chi connectivity index (χ3v) is 5.26. The van der Waals surface area contributed by atoms with Crippen LogP contribution < -0.4 is 0 Å². The molecule has 1 aliphatic carbocycles. The zero-order chi connectivity index (χ0) is 16.4. The standard InChI is InChI=1S/C18H17FN2OS/c1-11-8-12(6-7-16(11)19)10-23-18-14-5-3-2-4-13(14)15(9-20)17(22)21-18/h6-8H,2-5,10H2,1H3,(H,21,22). The average Bonchev–Trinajstić information content (AvgIpc) is 2.56. The number of hydrogen-bond acceptors (Lipinski definition) is 4. The fourth-order valence-electron chi connectivity index (χ4n) is 2.96. The lowest BCUT2D eigenvalue weighted by molar-refractivity contribution is 0.442. The number of thioether (sulfide) groups is 1. The van der Waals surface area contributed by atoms with Gasteiger partial charge in [0.25, 0.3) is 0 Å². The number of aromatic hydroxyl groups is 1. The van der Waals surface area contributed by atoms with Crippen molar-refractivity contribution in [1.29, 1.82) is 5.26 Å². The largest absolute Gasteiger partial charge is 0.492 e. The van der Waals surface area contributed by atoms with Gasteiger partial charge in [-0.1, -0.05) is 12.1 Å². The Labute approximate surface area is 139 Å². The molecular weight excluding hydrogens is 311 g/mol. The summed E-state index contributed by atoms with van der Waals surface area (Å²) in [7, 11) is 0. The minimum Gasteiger partial charge on any atom is -0.492 e. The summed E-state index contributed by atoms with van der Waals surface area (Å²) >= 11 is 1.53. The Bertz CT molecular complexity index is 799. The second kappa shape index (κ2) is 6.59. The van der Waals surface area contributed by atoms with Gasteiger partial charge in [0.2, 0.25) is 5.88 Å². The summed E-state index contributed by atoms with van der Waals surface area (Å²) in [5.41, 5.74) is 4.00. The Morgan fingerprint density at radius 2 is 2.04 bits per heavy atom. The Hall–Kier alpha value is -2.06. The highest BCUT2D eigenvalue weighted by atomic mass is 32.2. The monoisotopic (exact) mass is 328 g/mol. The fourth-order valence-corrected chi connectivity index (χ4v) is 3.99. The summed E-state index contributed by atoms with van der Waals surface area (Å²) < 4.78 is 13.3. The average molecular weight is 328 g/mol. The molecule has 3 nitrogen and oxygen atoms in total. The van der Waals surface area contributed by atoms with E-state index in [1.807, 2.05) is 6.07 Å². The SMILES string of the molecule is Cc1cc(CSc2nc(O)c(C#N)c3c2CCCC3)ccc1F. The Balaban J connectivity index is 1.89. The topological polar surface area (TPSA) is 56.9 Å². The van der Waals surface area contributed by atoms with E-state index >= 15 is 0 Å². The molecule has 1 aromatic heterocycles. The summed E-state index contributed by atoms with van der Waals surface area (Å²) in [5, 5.41) is 20.1. The number of aryl methyl sites for hydroxylation is 1. The quantitative estimate of drug-likeness (QED) is 0.855. The molecule has 0 fully saturated rings. The van der Waals surface area contributed by atoms with Crippen LogP contribution in [-0.2, 0) is 18.6 Å². The minimum atomic E-state index is -0.203. The van der Waals surface area contributed by atoms with Gasteiger partial charge in [0.1, 0.15) is 22.5 Å². The van der Waals surface area contributed by atoms with E-state index in [1.165, 1.54) is 17.8 Å². The van der Waals surface area contributed by atoms with Crippen LogP contribution in [0, 0.1) is 24.1 Å². The molecule has 1 aromatic carbocycles.